The number of hydrogen-bond donors (Lipinski definition) is 1. The number of aromatic nitrogens is 1. The van der Waals surface area contributed by atoms with Gasteiger partial charge in [0.1, 0.15) is 5.75 Å². The van der Waals surface area contributed by atoms with Gasteiger partial charge in [-0.2, -0.15) is 0 Å². The molecule has 1 aromatic carbocycles. The Kier molecular flexibility index (Phi) is 4.56. The predicted octanol–water partition coefficient (Wildman–Crippen LogP) is 3.40. The maximum absolute atomic E-state index is 6.27. The van der Waals surface area contributed by atoms with Gasteiger partial charge in [-0.3, -0.25) is 4.98 Å². The fourth-order valence-electron chi connectivity index (χ4n) is 2.06. The van der Waals surface area contributed by atoms with Crippen molar-refractivity contribution in [1.29, 1.82) is 0 Å². The number of halogens is 1. The van der Waals surface area contributed by atoms with Crippen molar-refractivity contribution in [3.63, 3.8) is 0 Å². The normalized spacial score (nSPS) is 12.2. The van der Waals surface area contributed by atoms with Crippen LogP contribution in [0.3, 0.4) is 0 Å². The number of nitrogens with two attached hydrogens (primary N) is 1. The summed E-state index contributed by atoms with van der Waals surface area (Å²) >= 11 is 3.48. The van der Waals surface area contributed by atoms with E-state index in [0.29, 0.717) is 0 Å². The summed E-state index contributed by atoms with van der Waals surface area (Å²) in [6.45, 7) is 1.97. The molecule has 0 radical (unpaired) electrons. The molecule has 4 heteroatoms. The van der Waals surface area contributed by atoms with Gasteiger partial charge in [0.2, 0.25) is 0 Å². The standard InChI is InChI=1S/C15H17BrN2O/c1-10-7-11(5-6-18-10)14(17)9-12-8-13(16)3-4-15(12)19-2/h3-8,14H,9,17H2,1-2H3. The number of pyridine rings is 1. The third-order valence-corrected chi connectivity index (χ3v) is 3.52. The lowest BCUT2D eigenvalue weighted by Crippen LogP contribution is -2.14. The Labute approximate surface area is 121 Å². The highest BCUT2D eigenvalue weighted by Crippen LogP contribution is 2.27. The van der Waals surface area contributed by atoms with Crippen LogP contribution in [0, 0.1) is 6.92 Å². The first-order chi connectivity index (χ1) is 9.10. The van der Waals surface area contributed by atoms with Crippen LogP contribution in [-0.2, 0) is 6.42 Å². The zero-order valence-corrected chi connectivity index (χ0v) is 12.6. The number of aryl methyl sites for hydroxylation is 1. The van der Waals surface area contributed by atoms with E-state index in [1.165, 1.54) is 0 Å². The molecule has 0 fully saturated rings. The highest BCUT2D eigenvalue weighted by Gasteiger charge is 2.11. The van der Waals surface area contributed by atoms with E-state index in [4.69, 9.17) is 10.5 Å². The first kappa shape index (κ1) is 14.0. The first-order valence-electron chi connectivity index (χ1n) is 6.10. The molecule has 0 saturated carbocycles. The van der Waals surface area contributed by atoms with Crippen LogP contribution in [0.1, 0.15) is 22.9 Å². The van der Waals surface area contributed by atoms with Crippen LogP contribution in [-0.4, -0.2) is 12.1 Å². The van der Waals surface area contributed by atoms with Gasteiger partial charge in [-0.15, -0.1) is 0 Å². The van der Waals surface area contributed by atoms with E-state index >= 15 is 0 Å². The van der Waals surface area contributed by atoms with Crippen molar-refractivity contribution < 1.29 is 4.74 Å². The molecule has 100 valence electrons. The monoisotopic (exact) mass is 320 g/mol. The summed E-state index contributed by atoms with van der Waals surface area (Å²) in [5, 5.41) is 0. The van der Waals surface area contributed by atoms with Gasteiger partial charge in [0.25, 0.3) is 0 Å². The highest BCUT2D eigenvalue weighted by atomic mass is 79.9. The molecule has 2 aromatic rings. The van der Waals surface area contributed by atoms with Crippen molar-refractivity contribution >= 4 is 15.9 Å². The Bertz CT molecular complexity index is 572. The van der Waals surface area contributed by atoms with E-state index in [-0.39, 0.29) is 6.04 Å². The largest absolute Gasteiger partial charge is 0.496 e. The lowest BCUT2D eigenvalue weighted by Gasteiger charge is -2.15. The smallest absolute Gasteiger partial charge is 0.122 e. The average molecular weight is 321 g/mol. The Morgan fingerprint density at radius 1 is 1.32 bits per heavy atom. The third-order valence-electron chi connectivity index (χ3n) is 3.03. The summed E-state index contributed by atoms with van der Waals surface area (Å²) < 4.78 is 6.40. The molecular weight excluding hydrogens is 304 g/mol. The van der Waals surface area contributed by atoms with Crippen LogP contribution in [0.15, 0.2) is 41.0 Å². The molecule has 0 bridgehead atoms. The quantitative estimate of drug-likeness (QED) is 0.939. The summed E-state index contributed by atoms with van der Waals surface area (Å²) in [4.78, 5) is 4.19. The fourth-order valence-corrected chi connectivity index (χ4v) is 2.47. The molecule has 2 N–H and O–H groups in total. The second-order valence-electron chi connectivity index (χ2n) is 4.50. The zero-order chi connectivity index (χ0) is 13.8. The number of hydrogen-bond acceptors (Lipinski definition) is 3. The predicted molar refractivity (Wildman–Crippen MR) is 80.3 cm³/mol. The molecule has 0 saturated heterocycles. The van der Waals surface area contributed by atoms with Crippen molar-refractivity contribution in [2.75, 3.05) is 7.11 Å². The van der Waals surface area contributed by atoms with Gasteiger partial charge in [0.15, 0.2) is 0 Å². The van der Waals surface area contributed by atoms with Crippen molar-refractivity contribution in [2.24, 2.45) is 5.73 Å². The fraction of sp³-hybridized carbons (Fsp3) is 0.267. The lowest BCUT2D eigenvalue weighted by molar-refractivity contribution is 0.408. The van der Waals surface area contributed by atoms with Gasteiger partial charge in [-0.05, 0) is 54.8 Å². The van der Waals surface area contributed by atoms with E-state index in [1.54, 1.807) is 13.3 Å². The molecule has 0 aliphatic rings. The summed E-state index contributed by atoms with van der Waals surface area (Å²) in [5.41, 5.74) is 9.44. The number of benzene rings is 1. The molecule has 0 aliphatic heterocycles. The van der Waals surface area contributed by atoms with Crippen molar-refractivity contribution in [2.45, 2.75) is 19.4 Å². The van der Waals surface area contributed by atoms with E-state index in [9.17, 15) is 0 Å². The highest BCUT2D eigenvalue weighted by molar-refractivity contribution is 9.10. The topological polar surface area (TPSA) is 48.1 Å². The zero-order valence-electron chi connectivity index (χ0n) is 11.1. The number of rotatable bonds is 4. The van der Waals surface area contributed by atoms with Gasteiger partial charge in [-0.1, -0.05) is 15.9 Å². The number of ether oxygens (including phenoxy) is 1. The van der Waals surface area contributed by atoms with E-state index in [0.717, 1.165) is 33.5 Å². The molecule has 1 aromatic heterocycles. The van der Waals surface area contributed by atoms with Crippen molar-refractivity contribution in [1.82, 2.24) is 4.98 Å². The van der Waals surface area contributed by atoms with Crippen LogP contribution in [0.2, 0.25) is 0 Å². The Morgan fingerprint density at radius 3 is 2.79 bits per heavy atom. The summed E-state index contributed by atoms with van der Waals surface area (Å²) in [6, 6.07) is 9.88. The maximum Gasteiger partial charge on any atom is 0.122 e. The minimum absolute atomic E-state index is 0.0649. The molecule has 1 heterocycles. The van der Waals surface area contributed by atoms with Gasteiger partial charge in [0, 0.05) is 22.4 Å². The Hall–Kier alpha value is -1.39. The SMILES string of the molecule is COc1ccc(Br)cc1CC(N)c1ccnc(C)c1. The van der Waals surface area contributed by atoms with E-state index < -0.39 is 0 Å². The van der Waals surface area contributed by atoms with Crippen LogP contribution in [0.4, 0.5) is 0 Å². The van der Waals surface area contributed by atoms with Gasteiger partial charge in [-0.25, -0.2) is 0 Å². The molecule has 1 unspecified atom stereocenters. The average Bonchev–Trinajstić information content (AvgIpc) is 2.39. The Morgan fingerprint density at radius 2 is 2.11 bits per heavy atom. The van der Waals surface area contributed by atoms with Gasteiger partial charge < -0.3 is 10.5 Å². The summed E-state index contributed by atoms with van der Waals surface area (Å²) in [5.74, 6) is 0.865. The molecule has 3 nitrogen and oxygen atoms in total. The first-order valence-corrected chi connectivity index (χ1v) is 6.90. The minimum atomic E-state index is -0.0649. The van der Waals surface area contributed by atoms with E-state index in [2.05, 4.69) is 20.9 Å². The summed E-state index contributed by atoms with van der Waals surface area (Å²) in [6.07, 6.45) is 2.52. The van der Waals surface area contributed by atoms with Gasteiger partial charge >= 0.3 is 0 Å². The van der Waals surface area contributed by atoms with Crippen LogP contribution >= 0.6 is 15.9 Å². The molecule has 19 heavy (non-hydrogen) atoms. The Balaban J connectivity index is 2.23. The molecule has 2 rings (SSSR count). The minimum Gasteiger partial charge on any atom is -0.496 e. The molecular formula is C15H17BrN2O. The second-order valence-corrected chi connectivity index (χ2v) is 5.41. The third kappa shape index (κ3) is 3.55. The van der Waals surface area contributed by atoms with Crippen LogP contribution < -0.4 is 10.5 Å². The van der Waals surface area contributed by atoms with Gasteiger partial charge in [0.05, 0.1) is 7.11 Å². The molecule has 0 amide bonds. The lowest BCUT2D eigenvalue weighted by atomic mass is 9.99. The summed E-state index contributed by atoms with van der Waals surface area (Å²) in [7, 11) is 1.68. The molecule has 1 atom stereocenters. The second kappa shape index (κ2) is 6.17. The van der Waals surface area contributed by atoms with Crippen molar-refractivity contribution in [3.05, 3.63) is 57.8 Å². The number of nitrogens with zero attached hydrogens (tertiary/aromatic N) is 1. The van der Waals surface area contributed by atoms with Crippen LogP contribution in [0.25, 0.3) is 0 Å². The van der Waals surface area contributed by atoms with Crippen molar-refractivity contribution in [3.8, 4) is 5.75 Å². The van der Waals surface area contributed by atoms with E-state index in [1.807, 2.05) is 37.3 Å². The maximum atomic E-state index is 6.27. The molecule has 0 spiro atoms. The van der Waals surface area contributed by atoms with Crippen LogP contribution in [0.5, 0.6) is 5.75 Å². The molecule has 0 aliphatic carbocycles. The number of methoxy groups -OCH3 is 1.